The van der Waals surface area contributed by atoms with Gasteiger partial charge in [-0.05, 0) is 51.9 Å². The minimum atomic E-state index is 0.733. The average molecular weight is 402 g/mol. The van der Waals surface area contributed by atoms with Crippen LogP contribution in [0.15, 0.2) is 0 Å². The van der Waals surface area contributed by atoms with Crippen molar-refractivity contribution >= 4 is 0 Å². The molecule has 0 radical (unpaired) electrons. The Labute approximate surface area is 178 Å². The quantitative estimate of drug-likeness (QED) is 0.754. The van der Waals surface area contributed by atoms with Crippen molar-refractivity contribution in [2.24, 2.45) is 0 Å². The molecule has 1 aromatic heterocycles. The van der Waals surface area contributed by atoms with E-state index in [4.69, 9.17) is 0 Å². The summed E-state index contributed by atoms with van der Waals surface area (Å²) in [6, 6.07) is 0.733. The van der Waals surface area contributed by atoms with Gasteiger partial charge in [-0.25, -0.2) is 0 Å². The van der Waals surface area contributed by atoms with Gasteiger partial charge in [-0.3, -0.25) is 9.80 Å². The summed E-state index contributed by atoms with van der Waals surface area (Å²) < 4.78 is 2.76. The molecule has 5 heteroatoms. The lowest BCUT2D eigenvalue weighted by molar-refractivity contribution is 0.141. The molecule has 0 bridgehead atoms. The van der Waals surface area contributed by atoms with Crippen LogP contribution in [0.25, 0.3) is 0 Å². The van der Waals surface area contributed by atoms with Crippen molar-refractivity contribution in [3.63, 3.8) is 0 Å². The lowest BCUT2D eigenvalue weighted by Gasteiger charge is -2.34. The van der Waals surface area contributed by atoms with Crippen LogP contribution in [0.1, 0.15) is 60.7 Å². The molecule has 0 unspecified atom stereocenters. The molecule has 4 rings (SSSR count). The molecule has 1 saturated carbocycles. The van der Waals surface area contributed by atoms with Gasteiger partial charge in [0.25, 0.3) is 0 Å². The van der Waals surface area contributed by atoms with Gasteiger partial charge < -0.3 is 14.4 Å². The molecule has 0 amide bonds. The summed E-state index contributed by atoms with van der Waals surface area (Å²) in [5, 5.41) is 0. The molecule has 0 spiro atoms. The van der Waals surface area contributed by atoms with Gasteiger partial charge >= 0.3 is 0 Å². The molecular weight excluding hydrogens is 358 g/mol. The molecule has 1 aromatic rings. The second-order valence-corrected chi connectivity index (χ2v) is 9.95. The summed E-state index contributed by atoms with van der Waals surface area (Å²) in [5.41, 5.74) is 6.43. The minimum absolute atomic E-state index is 0.733. The Hall–Kier alpha value is -0.880. The predicted octanol–water partition coefficient (Wildman–Crippen LogP) is 3.10. The van der Waals surface area contributed by atoms with E-state index >= 15 is 0 Å². The van der Waals surface area contributed by atoms with E-state index in [9.17, 15) is 0 Å². The Bertz CT molecular complexity index is 612. The second kappa shape index (κ2) is 9.51. The fourth-order valence-electron chi connectivity index (χ4n) is 5.74. The van der Waals surface area contributed by atoms with Crippen LogP contribution in [-0.4, -0.2) is 90.6 Å². The van der Waals surface area contributed by atoms with E-state index in [2.05, 4.69) is 52.1 Å². The smallest absolute Gasteiger partial charge is 0.0336 e. The zero-order valence-corrected chi connectivity index (χ0v) is 19.4. The highest BCUT2D eigenvalue weighted by Gasteiger charge is 2.27. The molecule has 0 atom stereocenters. The maximum Gasteiger partial charge on any atom is 0.0336 e. The highest BCUT2D eigenvalue weighted by Crippen LogP contribution is 2.35. The molecule has 3 fully saturated rings. The molecule has 1 aliphatic carbocycles. The third-order valence-corrected chi connectivity index (χ3v) is 7.86. The van der Waals surface area contributed by atoms with E-state index in [1.807, 2.05) is 0 Å². The fourth-order valence-corrected chi connectivity index (χ4v) is 5.74. The summed E-state index contributed by atoms with van der Waals surface area (Å²) in [7, 11) is 4.51. The monoisotopic (exact) mass is 401 g/mol. The van der Waals surface area contributed by atoms with Gasteiger partial charge in [0.1, 0.15) is 0 Å². The van der Waals surface area contributed by atoms with Crippen molar-refractivity contribution in [1.82, 2.24) is 24.2 Å². The van der Waals surface area contributed by atoms with Crippen LogP contribution in [0.3, 0.4) is 0 Å². The first-order valence-corrected chi connectivity index (χ1v) is 12.0. The zero-order valence-electron chi connectivity index (χ0n) is 19.4. The van der Waals surface area contributed by atoms with Crippen LogP contribution in [0.4, 0.5) is 0 Å². The standard InChI is InChI=1S/C24H43N5/c1-20-23(18-27-14-10-25(3)11-15-27)24(19-28-16-12-26(4)13-17-28)21(2)29(20)22-8-6-5-7-9-22/h22H,5-19H2,1-4H3. The molecule has 5 nitrogen and oxygen atoms in total. The number of hydrogen-bond donors (Lipinski definition) is 0. The number of rotatable bonds is 5. The number of piperazine rings is 2. The van der Waals surface area contributed by atoms with Crippen molar-refractivity contribution in [3.8, 4) is 0 Å². The normalized spacial score (nSPS) is 24.4. The maximum atomic E-state index is 2.76. The molecule has 0 N–H and O–H groups in total. The van der Waals surface area contributed by atoms with Crippen molar-refractivity contribution in [1.29, 1.82) is 0 Å². The van der Waals surface area contributed by atoms with Gasteiger partial charge in [0.2, 0.25) is 0 Å². The molecule has 2 aliphatic heterocycles. The summed E-state index contributed by atoms with van der Waals surface area (Å²) >= 11 is 0. The van der Waals surface area contributed by atoms with E-state index in [1.165, 1.54) is 84.5 Å². The van der Waals surface area contributed by atoms with Crippen LogP contribution in [0.2, 0.25) is 0 Å². The Kier molecular flexibility index (Phi) is 7.00. The summed E-state index contributed by atoms with van der Waals surface area (Å²) in [4.78, 5) is 10.3. The fraction of sp³-hybridized carbons (Fsp3) is 0.833. The first-order valence-electron chi connectivity index (χ1n) is 12.0. The summed E-state index contributed by atoms with van der Waals surface area (Å²) in [5.74, 6) is 0. The van der Waals surface area contributed by atoms with Crippen molar-refractivity contribution < 1.29 is 0 Å². The van der Waals surface area contributed by atoms with E-state index in [0.29, 0.717) is 0 Å². The van der Waals surface area contributed by atoms with Crippen LogP contribution in [0, 0.1) is 13.8 Å². The molecule has 29 heavy (non-hydrogen) atoms. The maximum absolute atomic E-state index is 2.76. The van der Waals surface area contributed by atoms with Crippen LogP contribution in [0.5, 0.6) is 0 Å². The summed E-state index contributed by atoms with van der Waals surface area (Å²) in [6.07, 6.45) is 6.99. The Morgan fingerprint density at radius 1 is 0.621 bits per heavy atom. The number of likely N-dealkylation sites (N-methyl/N-ethyl adjacent to an activating group) is 2. The number of aromatic nitrogens is 1. The highest BCUT2D eigenvalue weighted by molar-refractivity contribution is 5.38. The third kappa shape index (κ3) is 4.90. The van der Waals surface area contributed by atoms with Crippen LogP contribution < -0.4 is 0 Å². The second-order valence-electron chi connectivity index (χ2n) is 9.95. The Morgan fingerprint density at radius 2 is 1.03 bits per heavy atom. The first kappa shape index (κ1) is 21.4. The lowest BCUT2D eigenvalue weighted by Crippen LogP contribution is -2.45. The minimum Gasteiger partial charge on any atom is -0.346 e. The number of nitrogens with zero attached hydrogens (tertiary/aromatic N) is 5. The van der Waals surface area contributed by atoms with E-state index in [-0.39, 0.29) is 0 Å². The van der Waals surface area contributed by atoms with Gasteiger partial charge in [0.15, 0.2) is 0 Å². The Balaban J connectivity index is 1.59. The lowest BCUT2D eigenvalue weighted by atomic mass is 9.95. The van der Waals surface area contributed by atoms with E-state index in [0.717, 1.165) is 19.1 Å². The van der Waals surface area contributed by atoms with Crippen molar-refractivity contribution in [3.05, 3.63) is 22.5 Å². The van der Waals surface area contributed by atoms with Crippen molar-refractivity contribution in [2.45, 2.75) is 65.1 Å². The number of hydrogen-bond acceptors (Lipinski definition) is 4. The SMILES string of the molecule is Cc1c(CN2CCN(C)CC2)c(CN2CCN(C)CC2)c(C)n1C1CCCCC1. The third-order valence-electron chi connectivity index (χ3n) is 7.86. The zero-order chi connectivity index (χ0) is 20.4. The highest BCUT2D eigenvalue weighted by atomic mass is 15.3. The van der Waals surface area contributed by atoms with Crippen LogP contribution in [-0.2, 0) is 13.1 Å². The van der Waals surface area contributed by atoms with Gasteiger partial charge in [-0.2, -0.15) is 0 Å². The molecule has 2 saturated heterocycles. The van der Waals surface area contributed by atoms with Crippen LogP contribution >= 0.6 is 0 Å². The largest absolute Gasteiger partial charge is 0.346 e. The molecular formula is C24H43N5. The Morgan fingerprint density at radius 3 is 1.45 bits per heavy atom. The van der Waals surface area contributed by atoms with Gasteiger partial charge in [0.05, 0.1) is 0 Å². The molecule has 0 aromatic carbocycles. The summed E-state index contributed by atoms with van der Waals surface area (Å²) in [6.45, 7) is 16.8. The predicted molar refractivity (Wildman–Crippen MR) is 122 cm³/mol. The van der Waals surface area contributed by atoms with E-state index < -0.39 is 0 Å². The van der Waals surface area contributed by atoms with E-state index in [1.54, 1.807) is 22.5 Å². The van der Waals surface area contributed by atoms with Crippen molar-refractivity contribution in [2.75, 3.05) is 66.5 Å². The first-order chi connectivity index (χ1) is 14.0. The van der Waals surface area contributed by atoms with Gasteiger partial charge in [-0.15, -0.1) is 0 Å². The van der Waals surface area contributed by atoms with Gasteiger partial charge in [-0.1, -0.05) is 19.3 Å². The molecule has 164 valence electrons. The van der Waals surface area contributed by atoms with Gasteiger partial charge in [0, 0.05) is 82.9 Å². The molecule has 3 heterocycles. The average Bonchev–Trinajstić information content (AvgIpc) is 2.96. The molecule has 3 aliphatic rings. The topological polar surface area (TPSA) is 17.9 Å².